The van der Waals surface area contributed by atoms with Crippen LogP contribution in [0.4, 0.5) is 0 Å². The van der Waals surface area contributed by atoms with Crippen LogP contribution < -0.4 is 16.0 Å². The summed E-state index contributed by atoms with van der Waals surface area (Å²) in [5, 5.41) is 3.49. The third-order valence-electron chi connectivity index (χ3n) is 3.06. The number of hydrogen-bond donors (Lipinski definition) is 0. The van der Waals surface area contributed by atoms with Gasteiger partial charge in [-0.1, -0.05) is 83.9 Å². The van der Waals surface area contributed by atoms with Crippen LogP contribution in [-0.4, -0.2) is 4.98 Å². The summed E-state index contributed by atoms with van der Waals surface area (Å²) in [5.74, 6) is 0. The van der Waals surface area contributed by atoms with E-state index in [0.717, 1.165) is 5.44 Å². The van der Waals surface area contributed by atoms with Crippen LogP contribution in [0.2, 0.25) is 10.0 Å². The Morgan fingerprint density at radius 1 is 0.714 bits per heavy atom. The third-order valence-corrected chi connectivity index (χ3v) is 6.38. The van der Waals surface area contributed by atoms with Gasteiger partial charge in [0.2, 0.25) is 0 Å². The van der Waals surface area contributed by atoms with Gasteiger partial charge in [0.15, 0.2) is 0 Å². The molecule has 2 aromatic carbocycles. The molecule has 0 N–H and O–H groups in total. The summed E-state index contributed by atoms with van der Waals surface area (Å²) in [4.78, 5) is 4.50. The molecule has 0 spiro atoms. The molecule has 0 unspecified atom stereocenters. The Bertz CT molecular complexity index is 693. The minimum atomic E-state index is -0.811. The molecule has 21 heavy (non-hydrogen) atoms. The summed E-state index contributed by atoms with van der Waals surface area (Å²) in [7, 11) is -0.811. The standard InChI is InChI=1S/C17H12Cl2NP/c18-15-11-12-20-17(16(15)19)21(13-7-3-1-4-8-13)14-9-5-2-6-10-14/h1-12H. The maximum absolute atomic E-state index is 6.41. The quantitative estimate of drug-likeness (QED) is 0.657. The zero-order chi connectivity index (χ0) is 14.7. The van der Waals surface area contributed by atoms with Gasteiger partial charge in [-0.15, -0.1) is 0 Å². The van der Waals surface area contributed by atoms with Crippen LogP contribution in [0.5, 0.6) is 0 Å². The van der Waals surface area contributed by atoms with Gasteiger partial charge in [-0.2, -0.15) is 0 Å². The molecule has 1 nitrogen and oxygen atoms in total. The van der Waals surface area contributed by atoms with E-state index in [1.807, 2.05) is 36.4 Å². The fourth-order valence-electron chi connectivity index (χ4n) is 2.11. The third kappa shape index (κ3) is 3.11. The Morgan fingerprint density at radius 2 is 1.24 bits per heavy atom. The van der Waals surface area contributed by atoms with Gasteiger partial charge < -0.3 is 0 Å². The SMILES string of the molecule is Clc1ccnc(P(c2ccccc2)c2ccccc2)c1Cl. The second-order valence-corrected chi connectivity index (χ2v) is 7.35. The molecule has 1 aromatic heterocycles. The molecule has 0 aliphatic rings. The molecule has 0 amide bonds. The molecule has 3 aromatic rings. The Morgan fingerprint density at radius 3 is 1.76 bits per heavy atom. The number of aromatic nitrogens is 1. The summed E-state index contributed by atoms with van der Waals surface area (Å²) >= 11 is 12.6. The zero-order valence-electron chi connectivity index (χ0n) is 11.1. The smallest absolute Gasteiger partial charge is 0.0921 e. The molecule has 0 aliphatic carbocycles. The van der Waals surface area contributed by atoms with Gasteiger partial charge >= 0.3 is 0 Å². The van der Waals surface area contributed by atoms with Crippen molar-refractivity contribution in [1.82, 2.24) is 4.98 Å². The van der Waals surface area contributed by atoms with Crippen molar-refractivity contribution in [2.45, 2.75) is 0 Å². The molecule has 1 heterocycles. The molecule has 0 radical (unpaired) electrons. The van der Waals surface area contributed by atoms with Crippen LogP contribution >= 0.6 is 31.1 Å². The Balaban J connectivity index is 2.20. The lowest BCUT2D eigenvalue weighted by molar-refractivity contribution is 1.39. The van der Waals surface area contributed by atoms with E-state index in [1.165, 1.54) is 10.6 Å². The summed E-state index contributed by atoms with van der Waals surface area (Å²) in [5.41, 5.74) is 0.844. The van der Waals surface area contributed by atoms with Gasteiger partial charge in [-0.25, -0.2) is 0 Å². The lowest BCUT2D eigenvalue weighted by atomic mass is 10.4. The average Bonchev–Trinajstić information content (AvgIpc) is 2.54. The molecule has 0 bridgehead atoms. The number of pyridine rings is 1. The van der Waals surface area contributed by atoms with Crippen LogP contribution in [0.25, 0.3) is 0 Å². The lowest BCUT2D eigenvalue weighted by Gasteiger charge is -2.19. The molecule has 0 fully saturated rings. The first-order valence-electron chi connectivity index (χ1n) is 6.47. The second kappa shape index (κ2) is 6.58. The van der Waals surface area contributed by atoms with E-state index in [9.17, 15) is 0 Å². The summed E-state index contributed by atoms with van der Waals surface area (Å²) in [6.45, 7) is 0. The van der Waals surface area contributed by atoms with Crippen LogP contribution in [0, 0.1) is 0 Å². The minimum Gasteiger partial charge on any atom is -0.254 e. The number of hydrogen-bond acceptors (Lipinski definition) is 1. The van der Waals surface area contributed by atoms with Gasteiger partial charge in [0, 0.05) is 14.1 Å². The molecule has 104 valence electrons. The van der Waals surface area contributed by atoms with Crippen LogP contribution in [-0.2, 0) is 0 Å². The van der Waals surface area contributed by atoms with Crippen molar-refractivity contribution in [2.24, 2.45) is 0 Å². The number of halogens is 2. The van der Waals surface area contributed by atoms with Crippen molar-refractivity contribution in [3.05, 3.63) is 83.0 Å². The largest absolute Gasteiger partial charge is 0.254 e. The Hall–Kier alpha value is -1.40. The number of rotatable bonds is 3. The van der Waals surface area contributed by atoms with Crippen molar-refractivity contribution in [2.75, 3.05) is 0 Å². The first-order chi connectivity index (χ1) is 10.3. The van der Waals surface area contributed by atoms with Crippen molar-refractivity contribution in [1.29, 1.82) is 0 Å². The molecular formula is C17H12Cl2NP. The van der Waals surface area contributed by atoms with E-state index in [-0.39, 0.29) is 0 Å². The highest BCUT2D eigenvalue weighted by atomic mass is 35.5. The fraction of sp³-hybridized carbons (Fsp3) is 0. The minimum absolute atomic E-state index is 0.540. The van der Waals surface area contributed by atoms with Crippen LogP contribution in [0.1, 0.15) is 0 Å². The van der Waals surface area contributed by atoms with Crippen molar-refractivity contribution in [3.8, 4) is 0 Å². The molecule has 0 saturated carbocycles. The van der Waals surface area contributed by atoms with Crippen molar-refractivity contribution in [3.63, 3.8) is 0 Å². The molecule has 3 rings (SSSR count). The van der Waals surface area contributed by atoms with Gasteiger partial charge in [-0.05, 0) is 16.7 Å². The highest BCUT2D eigenvalue weighted by Crippen LogP contribution is 2.36. The van der Waals surface area contributed by atoms with E-state index >= 15 is 0 Å². The predicted octanol–water partition coefficient (Wildman–Crippen LogP) is 4.15. The first kappa shape index (κ1) is 14.5. The number of nitrogens with zero attached hydrogens (tertiary/aromatic N) is 1. The predicted molar refractivity (Wildman–Crippen MR) is 93.0 cm³/mol. The highest BCUT2D eigenvalue weighted by molar-refractivity contribution is 7.79. The lowest BCUT2D eigenvalue weighted by Crippen LogP contribution is -2.23. The van der Waals surface area contributed by atoms with E-state index in [0.29, 0.717) is 10.0 Å². The fourth-order valence-corrected chi connectivity index (χ4v) is 4.92. The highest BCUT2D eigenvalue weighted by Gasteiger charge is 2.21. The molecule has 4 heteroatoms. The second-order valence-electron chi connectivity index (χ2n) is 4.44. The first-order valence-corrected chi connectivity index (χ1v) is 8.57. The molecule has 0 saturated heterocycles. The van der Waals surface area contributed by atoms with Gasteiger partial charge in [0.1, 0.15) is 0 Å². The van der Waals surface area contributed by atoms with Crippen LogP contribution in [0.15, 0.2) is 72.9 Å². The average molecular weight is 332 g/mol. The monoisotopic (exact) mass is 331 g/mol. The normalized spacial score (nSPS) is 10.8. The topological polar surface area (TPSA) is 12.9 Å². The van der Waals surface area contributed by atoms with E-state index in [4.69, 9.17) is 23.2 Å². The zero-order valence-corrected chi connectivity index (χ0v) is 13.5. The summed E-state index contributed by atoms with van der Waals surface area (Å²) < 4.78 is 0. The maximum atomic E-state index is 6.41. The van der Waals surface area contributed by atoms with Gasteiger partial charge in [0.05, 0.1) is 15.5 Å². The van der Waals surface area contributed by atoms with E-state index < -0.39 is 7.92 Å². The Kier molecular flexibility index (Phi) is 4.55. The van der Waals surface area contributed by atoms with Crippen LogP contribution in [0.3, 0.4) is 0 Å². The van der Waals surface area contributed by atoms with Gasteiger partial charge in [0.25, 0.3) is 0 Å². The molecule has 0 aliphatic heterocycles. The van der Waals surface area contributed by atoms with E-state index in [1.54, 1.807) is 12.3 Å². The summed E-state index contributed by atoms with van der Waals surface area (Å²) in [6, 6.07) is 22.3. The van der Waals surface area contributed by atoms with Crippen molar-refractivity contribution < 1.29 is 0 Å². The number of benzene rings is 2. The van der Waals surface area contributed by atoms with Crippen molar-refractivity contribution >= 4 is 47.2 Å². The molecular weight excluding hydrogens is 320 g/mol. The van der Waals surface area contributed by atoms with Gasteiger partial charge in [-0.3, -0.25) is 4.98 Å². The Labute approximate surface area is 135 Å². The van der Waals surface area contributed by atoms with E-state index in [2.05, 4.69) is 29.2 Å². The maximum Gasteiger partial charge on any atom is 0.0921 e. The molecule has 0 atom stereocenters. The summed E-state index contributed by atoms with van der Waals surface area (Å²) in [6.07, 6.45) is 1.71.